The van der Waals surface area contributed by atoms with Crippen LogP contribution in [0.3, 0.4) is 0 Å². The van der Waals surface area contributed by atoms with Gasteiger partial charge in [0, 0.05) is 25.1 Å². The fraction of sp³-hybridized carbons (Fsp3) is 0.231. The topological polar surface area (TPSA) is 144 Å². The molecule has 1 aliphatic rings. The molecule has 36 heavy (non-hydrogen) atoms. The molecule has 0 aromatic heterocycles. The number of nitrogens with one attached hydrogen (secondary N) is 2. The molecule has 0 radical (unpaired) electrons. The van der Waals surface area contributed by atoms with Gasteiger partial charge in [0.05, 0.1) is 23.8 Å². The van der Waals surface area contributed by atoms with Crippen molar-refractivity contribution in [1.82, 2.24) is 5.32 Å². The summed E-state index contributed by atoms with van der Waals surface area (Å²) in [6.45, 7) is 1.14. The van der Waals surface area contributed by atoms with Gasteiger partial charge < -0.3 is 25.4 Å². The highest BCUT2D eigenvalue weighted by atomic mass is 16.6. The molecule has 1 amide bonds. The van der Waals surface area contributed by atoms with Gasteiger partial charge in [0.1, 0.15) is 11.5 Å². The molecule has 186 valence electrons. The lowest BCUT2D eigenvalue weighted by Crippen LogP contribution is -2.46. The number of anilines is 1. The molecular formula is C26H27N5O5. The van der Waals surface area contributed by atoms with E-state index in [1.165, 1.54) is 12.1 Å². The maximum Gasteiger partial charge on any atom is 0.269 e. The van der Waals surface area contributed by atoms with E-state index in [9.17, 15) is 14.9 Å². The summed E-state index contributed by atoms with van der Waals surface area (Å²) in [6, 6.07) is 21.1. The van der Waals surface area contributed by atoms with Gasteiger partial charge in [0.25, 0.3) is 11.6 Å². The van der Waals surface area contributed by atoms with Crippen molar-refractivity contribution < 1.29 is 19.2 Å². The Morgan fingerprint density at radius 3 is 2.47 bits per heavy atom. The van der Waals surface area contributed by atoms with Crippen LogP contribution in [0.2, 0.25) is 0 Å². The summed E-state index contributed by atoms with van der Waals surface area (Å²) < 4.78 is 11.8. The number of hydrogen-bond donors (Lipinski definition) is 3. The number of nitro groups is 1. The van der Waals surface area contributed by atoms with Gasteiger partial charge in [-0.15, -0.1) is 0 Å². The van der Waals surface area contributed by atoms with E-state index in [0.717, 1.165) is 17.5 Å². The number of ether oxygens (including phenoxy) is 2. The smallest absolute Gasteiger partial charge is 0.269 e. The minimum Gasteiger partial charge on any atom is -0.493 e. The Hall–Kier alpha value is -4.60. The van der Waals surface area contributed by atoms with E-state index in [4.69, 9.17) is 20.6 Å². The molecule has 3 aromatic rings. The SMILES string of the molecule is N=C(N)NCCc1ccc(OCCC2Oc3ccccc3N(Cc3ccc([N+](=O)[O-])cc3)C2=O)cc1. The number of non-ortho nitro benzene ring substituents is 1. The quantitative estimate of drug-likeness (QED) is 0.171. The van der Waals surface area contributed by atoms with Crippen molar-refractivity contribution in [3.05, 3.63) is 94.0 Å². The third-order valence-electron chi connectivity index (χ3n) is 5.76. The summed E-state index contributed by atoms with van der Waals surface area (Å²) in [7, 11) is 0. The number of carbonyl (C=O) groups is 1. The number of fused-ring (bicyclic) bond motifs is 1. The number of hydrogen-bond acceptors (Lipinski definition) is 6. The largest absolute Gasteiger partial charge is 0.493 e. The van der Waals surface area contributed by atoms with Crippen LogP contribution in [0.1, 0.15) is 17.5 Å². The van der Waals surface area contributed by atoms with Gasteiger partial charge in [-0.1, -0.05) is 36.4 Å². The molecule has 10 heteroatoms. The standard InChI is InChI=1S/C26H27N5O5/c27-26(28)29-15-13-18-7-11-21(12-8-18)35-16-14-24-25(32)30(22-3-1-2-4-23(22)36-24)17-19-5-9-20(10-6-19)31(33)34/h1-12,24H,13-17H2,(H4,27,28,29). The highest BCUT2D eigenvalue weighted by Gasteiger charge is 2.34. The van der Waals surface area contributed by atoms with Gasteiger partial charge in [0.15, 0.2) is 12.1 Å². The lowest BCUT2D eigenvalue weighted by atomic mass is 10.1. The van der Waals surface area contributed by atoms with Crippen molar-refractivity contribution in [2.45, 2.75) is 25.5 Å². The highest BCUT2D eigenvalue weighted by Crippen LogP contribution is 2.35. The molecule has 1 unspecified atom stereocenters. The number of rotatable bonds is 10. The first kappa shape index (κ1) is 24.5. The predicted octanol–water partition coefficient (Wildman–Crippen LogP) is 3.38. The molecule has 1 heterocycles. The lowest BCUT2D eigenvalue weighted by Gasteiger charge is -2.34. The van der Waals surface area contributed by atoms with Gasteiger partial charge in [-0.2, -0.15) is 0 Å². The van der Waals surface area contributed by atoms with Crippen LogP contribution in [0.25, 0.3) is 0 Å². The third kappa shape index (κ3) is 6.09. The second-order valence-corrected chi connectivity index (χ2v) is 8.29. The number of para-hydroxylation sites is 2. The zero-order valence-corrected chi connectivity index (χ0v) is 19.6. The first-order chi connectivity index (χ1) is 17.4. The van der Waals surface area contributed by atoms with Crippen LogP contribution >= 0.6 is 0 Å². The molecule has 4 rings (SSSR count). The number of benzene rings is 3. The average molecular weight is 490 g/mol. The first-order valence-electron chi connectivity index (χ1n) is 11.5. The van der Waals surface area contributed by atoms with E-state index in [1.54, 1.807) is 17.0 Å². The van der Waals surface area contributed by atoms with E-state index in [0.29, 0.717) is 30.2 Å². The van der Waals surface area contributed by atoms with E-state index in [2.05, 4.69) is 5.32 Å². The summed E-state index contributed by atoms with van der Waals surface area (Å²) in [6.07, 6.45) is 0.373. The number of carbonyl (C=O) groups excluding carboxylic acids is 1. The van der Waals surface area contributed by atoms with Gasteiger partial charge in [-0.05, 0) is 41.8 Å². The summed E-state index contributed by atoms with van der Waals surface area (Å²) in [5, 5.41) is 20.9. The Morgan fingerprint density at radius 2 is 1.78 bits per heavy atom. The van der Waals surface area contributed by atoms with Crippen LogP contribution in [0.4, 0.5) is 11.4 Å². The minimum absolute atomic E-state index is 0.00300. The second-order valence-electron chi connectivity index (χ2n) is 8.29. The summed E-state index contributed by atoms with van der Waals surface area (Å²) in [5.41, 5.74) is 7.81. The van der Waals surface area contributed by atoms with E-state index < -0.39 is 11.0 Å². The average Bonchev–Trinajstić information content (AvgIpc) is 2.87. The number of nitro benzene ring substituents is 1. The van der Waals surface area contributed by atoms with E-state index in [-0.39, 0.29) is 30.7 Å². The van der Waals surface area contributed by atoms with Crippen LogP contribution < -0.4 is 25.4 Å². The number of nitrogens with zero attached hydrogens (tertiary/aromatic N) is 2. The fourth-order valence-electron chi connectivity index (χ4n) is 3.90. The Kier molecular flexibility index (Phi) is 7.64. The molecule has 4 N–H and O–H groups in total. The second kappa shape index (κ2) is 11.2. The molecule has 1 aliphatic heterocycles. The Balaban J connectivity index is 1.37. The van der Waals surface area contributed by atoms with Gasteiger partial charge in [-0.25, -0.2) is 0 Å². The van der Waals surface area contributed by atoms with Crippen LogP contribution in [0, 0.1) is 15.5 Å². The number of nitrogens with two attached hydrogens (primary N) is 1. The zero-order chi connectivity index (χ0) is 25.5. The molecule has 1 atom stereocenters. The molecule has 0 fully saturated rings. The van der Waals surface area contributed by atoms with Gasteiger partial charge >= 0.3 is 0 Å². The van der Waals surface area contributed by atoms with Crippen LogP contribution in [0.15, 0.2) is 72.8 Å². The van der Waals surface area contributed by atoms with Crippen molar-refractivity contribution in [2.24, 2.45) is 5.73 Å². The number of guanidine groups is 1. The van der Waals surface area contributed by atoms with E-state index >= 15 is 0 Å². The maximum absolute atomic E-state index is 13.3. The van der Waals surface area contributed by atoms with Crippen LogP contribution in [0.5, 0.6) is 11.5 Å². The maximum atomic E-state index is 13.3. The van der Waals surface area contributed by atoms with Gasteiger partial charge in [-0.3, -0.25) is 20.3 Å². The zero-order valence-electron chi connectivity index (χ0n) is 19.6. The highest BCUT2D eigenvalue weighted by molar-refractivity contribution is 5.99. The van der Waals surface area contributed by atoms with E-state index in [1.807, 2.05) is 48.5 Å². The summed E-state index contributed by atoms with van der Waals surface area (Å²) >= 11 is 0. The van der Waals surface area contributed by atoms with Crippen molar-refractivity contribution in [3.63, 3.8) is 0 Å². The summed E-state index contributed by atoms with van der Waals surface area (Å²) in [4.78, 5) is 25.5. The fourth-order valence-corrected chi connectivity index (χ4v) is 3.90. The Labute approximate surface area is 208 Å². The normalized spacial score (nSPS) is 14.5. The summed E-state index contributed by atoms with van der Waals surface area (Å²) in [5.74, 6) is 1.05. The molecule has 0 saturated heterocycles. The molecule has 0 spiro atoms. The van der Waals surface area contributed by atoms with Crippen molar-refractivity contribution in [2.75, 3.05) is 18.1 Å². The van der Waals surface area contributed by atoms with Crippen molar-refractivity contribution >= 4 is 23.2 Å². The van der Waals surface area contributed by atoms with Crippen LogP contribution in [-0.2, 0) is 17.8 Å². The molecule has 0 aliphatic carbocycles. The molecule has 10 nitrogen and oxygen atoms in total. The van der Waals surface area contributed by atoms with Crippen LogP contribution in [-0.4, -0.2) is 36.0 Å². The molecule has 0 bridgehead atoms. The Bertz CT molecular complexity index is 1230. The molecule has 0 saturated carbocycles. The predicted molar refractivity (Wildman–Crippen MR) is 135 cm³/mol. The minimum atomic E-state index is -0.713. The lowest BCUT2D eigenvalue weighted by molar-refractivity contribution is -0.384. The number of amides is 1. The first-order valence-corrected chi connectivity index (χ1v) is 11.5. The Morgan fingerprint density at radius 1 is 1.08 bits per heavy atom. The monoisotopic (exact) mass is 489 g/mol. The van der Waals surface area contributed by atoms with Gasteiger partial charge in [0.2, 0.25) is 0 Å². The van der Waals surface area contributed by atoms with Crippen molar-refractivity contribution in [3.8, 4) is 11.5 Å². The van der Waals surface area contributed by atoms with Crippen molar-refractivity contribution in [1.29, 1.82) is 5.41 Å². The molecule has 3 aromatic carbocycles. The third-order valence-corrected chi connectivity index (χ3v) is 5.76. The molecular weight excluding hydrogens is 462 g/mol.